The molecule has 2 N–H and O–H groups in total. The van der Waals surface area contributed by atoms with Crippen molar-refractivity contribution in [1.82, 2.24) is 14.9 Å². The fraction of sp³-hybridized carbons (Fsp3) is 0.600. The lowest BCUT2D eigenvalue weighted by Crippen LogP contribution is -2.40. The van der Waals surface area contributed by atoms with E-state index in [1.54, 1.807) is 6.20 Å². The fourth-order valence-corrected chi connectivity index (χ4v) is 1.45. The molecule has 0 saturated carbocycles. The molecule has 0 unspecified atom stereocenters. The normalized spacial score (nSPS) is 11.4. The Hall–Kier alpha value is -1.10. The summed E-state index contributed by atoms with van der Waals surface area (Å²) < 4.78 is 2.50. The first-order chi connectivity index (χ1) is 6.88. The minimum Gasteiger partial charge on any atom is -0.351 e. The number of carbonyl (C=O) groups excluding carboxylic acids is 1. The van der Waals surface area contributed by atoms with Crippen LogP contribution in [0, 0.1) is 4.77 Å². The maximum absolute atomic E-state index is 11.5. The molecule has 0 aliphatic rings. The molecule has 0 radical (unpaired) electrons. The van der Waals surface area contributed by atoms with Crippen LogP contribution in [0.25, 0.3) is 0 Å². The molecular formula is C10H17N3OS. The number of nitrogens with one attached hydrogen (secondary N) is 2. The molecule has 1 aromatic rings. The molecule has 0 bridgehead atoms. The summed E-state index contributed by atoms with van der Waals surface area (Å²) in [5, 5.41) is 2.90. The molecule has 1 rings (SSSR count). The maximum atomic E-state index is 11.5. The summed E-state index contributed by atoms with van der Waals surface area (Å²) in [6.07, 6.45) is 4.06. The van der Waals surface area contributed by atoms with Crippen molar-refractivity contribution in [3.63, 3.8) is 0 Å². The van der Waals surface area contributed by atoms with E-state index in [4.69, 9.17) is 12.2 Å². The van der Waals surface area contributed by atoms with Crippen molar-refractivity contribution in [3.8, 4) is 0 Å². The molecule has 0 aromatic carbocycles. The predicted octanol–water partition coefficient (Wildman–Crippen LogP) is 1.85. The number of amides is 1. The van der Waals surface area contributed by atoms with Gasteiger partial charge in [0.25, 0.3) is 0 Å². The number of H-pyrrole nitrogens is 1. The molecule has 0 spiro atoms. The molecule has 1 amide bonds. The van der Waals surface area contributed by atoms with Gasteiger partial charge in [0.05, 0.1) is 0 Å². The Morgan fingerprint density at radius 3 is 2.73 bits per heavy atom. The van der Waals surface area contributed by atoms with Crippen LogP contribution in [0.15, 0.2) is 12.4 Å². The summed E-state index contributed by atoms with van der Waals surface area (Å²) in [6.45, 7) is 6.51. The molecule has 5 heteroatoms. The average molecular weight is 227 g/mol. The van der Waals surface area contributed by atoms with E-state index in [1.807, 2.05) is 31.5 Å². The smallest absolute Gasteiger partial charge is 0.222 e. The van der Waals surface area contributed by atoms with Gasteiger partial charge < -0.3 is 14.9 Å². The number of carbonyl (C=O) groups is 1. The largest absolute Gasteiger partial charge is 0.351 e. The highest BCUT2D eigenvalue weighted by atomic mass is 32.1. The van der Waals surface area contributed by atoms with Crippen LogP contribution >= 0.6 is 12.2 Å². The standard InChI is InChI=1S/C10H17N3OS/c1-10(2,3)12-8(14)4-6-13-7-5-11-9(13)15/h5,7H,4,6H2,1-3H3,(H,11,15)(H,12,14). The zero-order valence-corrected chi connectivity index (χ0v) is 10.1. The number of hydrogen-bond acceptors (Lipinski definition) is 2. The number of aromatic nitrogens is 2. The third kappa shape index (κ3) is 4.29. The molecule has 0 aliphatic carbocycles. The van der Waals surface area contributed by atoms with Gasteiger partial charge >= 0.3 is 0 Å². The van der Waals surface area contributed by atoms with E-state index in [1.165, 1.54) is 0 Å². The van der Waals surface area contributed by atoms with Gasteiger partial charge in [0.2, 0.25) is 5.91 Å². The average Bonchev–Trinajstić information content (AvgIpc) is 2.44. The molecule has 0 aliphatic heterocycles. The summed E-state index contributed by atoms with van der Waals surface area (Å²) in [4.78, 5) is 14.4. The first-order valence-corrected chi connectivity index (χ1v) is 5.34. The van der Waals surface area contributed by atoms with Crippen LogP contribution in [0.2, 0.25) is 0 Å². The van der Waals surface area contributed by atoms with Crippen molar-refractivity contribution in [1.29, 1.82) is 0 Å². The Morgan fingerprint density at radius 1 is 1.60 bits per heavy atom. The van der Waals surface area contributed by atoms with Gasteiger partial charge in [-0.2, -0.15) is 0 Å². The van der Waals surface area contributed by atoms with Crippen molar-refractivity contribution in [2.75, 3.05) is 0 Å². The number of aryl methyl sites for hydroxylation is 1. The summed E-state index contributed by atoms with van der Waals surface area (Å²) >= 11 is 5.02. The highest BCUT2D eigenvalue weighted by molar-refractivity contribution is 7.71. The van der Waals surface area contributed by atoms with Gasteiger partial charge in [-0.3, -0.25) is 4.79 Å². The van der Waals surface area contributed by atoms with E-state index in [2.05, 4.69) is 10.3 Å². The Labute approximate surface area is 94.7 Å². The topological polar surface area (TPSA) is 49.8 Å². The van der Waals surface area contributed by atoms with Crippen molar-refractivity contribution in [2.45, 2.75) is 39.3 Å². The van der Waals surface area contributed by atoms with E-state index < -0.39 is 0 Å². The maximum Gasteiger partial charge on any atom is 0.222 e. The Kier molecular flexibility index (Phi) is 3.68. The number of nitrogens with zero attached hydrogens (tertiary/aromatic N) is 1. The van der Waals surface area contributed by atoms with Gasteiger partial charge in [-0.15, -0.1) is 0 Å². The molecule has 0 atom stereocenters. The van der Waals surface area contributed by atoms with Gasteiger partial charge in [-0.05, 0) is 33.0 Å². The number of hydrogen-bond donors (Lipinski definition) is 2. The number of rotatable bonds is 3. The van der Waals surface area contributed by atoms with Crippen molar-refractivity contribution >= 4 is 18.1 Å². The van der Waals surface area contributed by atoms with Crippen LogP contribution in [0.3, 0.4) is 0 Å². The highest BCUT2D eigenvalue weighted by Crippen LogP contribution is 2.00. The van der Waals surface area contributed by atoms with Gasteiger partial charge in [-0.25, -0.2) is 0 Å². The first kappa shape index (κ1) is 12.0. The molecule has 4 nitrogen and oxygen atoms in total. The SMILES string of the molecule is CC(C)(C)NC(=O)CCn1cc[nH]c1=S. The van der Waals surface area contributed by atoms with Crippen LogP contribution < -0.4 is 5.32 Å². The second-order valence-corrected chi connectivity index (χ2v) is 4.89. The van der Waals surface area contributed by atoms with E-state index >= 15 is 0 Å². The monoisotopic (exact) mass is 227 g/mol. The van der Waals surface area contributed by atoms with Gasteiger partial charge in [0, 0.05) is 30.9 Å². The molecule has 1 heterocycles. The van der Waals surface area contributed by atoms with Gasteiger partial charge in [0.1, 0.15) is 0 Å². The third-order valence-corrected chi connectivity index (χ3v) is 2.17. The molecule has 0 saturated heterocycles. The van der Waals surface area contributed by atoms with E-state index in [-0.39, 0.29) is 11.4 Å². The van der Waals surface area contributed by atoms with Crippen LogP contribution in [0.4, 0.5) is 0 Å². The van der Waals surface area contributed by atoms with E-state index in [9.17, 15) is 4.79 Å². The quantitative estimate of drug-likeness (QED) is 0.774. The molecule has 84 valence electrons. The van der Waals surface area contributed by atoms with Gasteiger partial charge in [0.15, 0.2) is 4.77 Å². The molecular weight excluding hydrogens is 210 g/mol. The van der Waals surface area contributed by atoms with Gasteiger partial charge in [-0.1, -0.05) is 0 Å². The second kappa shape index (κ2) is 4.61. The Balaban J connectivity index is 2.42. The fourth-order valence-electron chi connectivity index (χ4n) is 1.23. The lowest BCUT2D eigenvalue weighted by molar-refractivity contribution is -0.122. The summed E-state index contributed by atoms with van der Waals surface area (Å²) in [5.41, 5.74) is -0.170. The Morgan fingerprint density at radius 2 is 2.27 bits per heavy atom. The zero-order chi connectivity index (χ0) is 11.5. The van der Waals surface area contributed by atoms with Crippen molar-refractivity contribution in [3.05, 3.63) is 17.2 Å². The first-order valence-electron chi connectivity index (χ1n) is 4.93. The molecule has 0 fully saturated rings. The van der Waals surface area contributed by atoms with Crippen LogP contribution in [-0.2, 0) is 11.3 Å². The molecule has 1 aromatic heterocycles. The van der Waals surface area contributed by atoms with Crippen LogP contribution in [0.1, 0.15) is 27.2 Å². The minimum atomic E-state index is -0.170. The van der Waals surface area contributed by atoms with Crippen molar-refractivity contribution < 1.29 is 4.79 Å². The minimum absolute atomic E-state index is 0.0469. The van der Waals surface area contributed by atoms with E-state index in [0.29, 0.717) is 17.7 Å². The van der Waals surface area contributed by atoms with Crippen molar-refractivity contribution in [2.24, 2.45) is 0 Å². The number of imidazole rings is 1. The number of aromatic amines is 1. The second-order valence-electron chi connectivity index (χ2n) is 4.51. The van der Waals surface area contributed by atoms with E-state index in [0.717, 1.165) is 0 Å². The third-order valence-electron chi connectivity index (χ3n) is 1.82. The Bertz CT molecular complexity index is 386. The lowest BCUT2D eigenvalue weighted by atomic mass is 10.1. The summed E-state index contributed by atoms with van der Waals surface area (Å²) in [5.74, 6) is 0.0469. The predicted molar refractivity (Wildman–Crippen MR) is 62.1 cm³/mol. The van der Waals surface area contributed by atoms with Crippen LogP contribution in [0.5, 0.6) is 0 Å². The molecule has 15 heavy (non-hydrogen) atoms. The highest BCUT2D eigenvalue weighted by Gasteiger charge is 2.13. The zero-order valence-electron chi connectivity index (χ0n) is 9.33. The lowest BCUT2D eigenvalue weighted by Gasteiger charge is -2.20. The summed E-state index contributed by atoms with van der Waals surface area (Å²) in [6, 6.07) is 0. The summed E-state index contributed by atoms with van der Waals surface area (Å²) in [7, 11) is 0. The van der Waals surface area contributed by atoms with Crippen LogP contribution in [-0.4, -0.2) is 21.0 Å².